The van der Waals surface area contributed by atoms with Gasteiger partial charge in [0.2, 0.25) is 0 Å². The Labute approximate surface area is 188 Å². The van der Waals surface area contributed by atoms with E-state index in [1.807, 2.05) is 6.07 Å². The van der Waals surface area contributed by atoms with E-state index in [-0.39, 0.29) is 23.9 Å². The van der Waals surface area contributed by atoms with Gasteiger partial charge >= 0.3 is 0 Å². The zero-order valence-corrected chi connectivity index (χ0v) is 18.7. The van der Waals surface area contributed by atoms with Gasteiger partial charge in [0, 0.05) is 11.6 Å². The van der Waals surface area contributed by atoms with Crippen molar-refractivity contribution in [3.8, 4) is 0 Å². The third kappa shape index (κ3) is 3.26. The normalized spacial score (nSPS) is 17.7. The number of hydrogen-bond donors (Lipinski definition) is 2. The molecule has 5 rings (SSSR count). The molecule has 0 bridgehead atoms. The second-order valence-corrected chi connectivity index (χ2v) is 9.17. The number of carbonyl (C=O) groups is 1. The number of pyridine rings is 1. The first-order valence-corrected chi connectivity index (χ1v) is 11.1. The molecule has 2 N–H and O–H groups in total. The third-order valence-corrected chi connectivity index (χ3v) is 7.35. The highest BCUT2D eigenvalue weighted by Crippen LogP contribution is 2.40. The standard InChI is InChI=1S/C22H22Cl2N4O3/c1-10(12-6-25-7-12)14-5-16(23)13-3-4-28(22(30)17(13)18(14)24)8-15-19-20(31-9-26-19)11(2)27-21(15)29/h5,9-10,12,25H,3-4,6-8H2,1-2H3,(H,27,29). The topological polar surface area (TPSA) is 91.2 Å². The summed E-state index contributed by atoms with van der Waals surface area (Å²) in [5.41, 5.74) is 3.86. The summed E-state index contributed by atoms with van der Waals surface area (Å²) in [6, 6.07) is 1.91. The van der Waals surface area contributed by atoms with E-state index in [2.05, 4.69) is 22.2 Å². The maximum Gasteiger partial charge on any atom is 0.256 e. The molecule has 7 nitrogen and oxygen atoms in total. The predicted molar refractivity (Wildman–Crippen MR) is 119 cm³/mol. The van der Waals surface area contributed by atoms with Gasteiger partial charge in [-0.3, -0.25) is 9.59 Å². The molecular weight excluding hydrogens is 439 g/mol. The lowest BCUT2D eigenvalue weighted by Crippen LogP contribution is -2.45. The van der Waals surface area contributed by atoms with Crippen LogP contribution in [0.3, 0.4) is 0 Å². The molecule has 31 heavy (non-hydrogen) atoms. The summed E-state index contributed by atoms with van der Waals surface area (Å²) < 4.78 is 5.40. The van der Waals surface area contributed by atoms with Gasteiger partial charge in [-0.2, -0.15) is 0 Å². The number of rotatable bonds is 4. The smallest absolute Gasteiger partial charge is 0.256 e. The van der Waals surface area contributed by atoms with E-state index >= 15 is 0 Å². The molecule has 162 valence electrons. The van der Waals surface area contributed by atoms with Gasteiger partial charge in [-0.15, -0.1) is 0 Å². The third-order valence-electron chi connectivity index (χ3n) is 6.61. The number of halogens is 2. The molecule has 0 saturated carbocycles. The van der Waals surface area contributed by atoms with Gasteiger partial charge in [-0.05, 0) is 55.5 Å². The van der Waals surface area contributed by atoms with Gasteiger partial charge in [-0.1, -0.05) is 30.1 Å². The monoisotopic (exact) mass is 460 g/mol. The van der Waals surface area contributed by atoms with Crippen LogP contribution < -0.4 is 10.9 Å². The summed E-state index contributed by atoms with van der Waals surface area (Å²) in [5.74, 6) is 0.438. The van der Waals surface area contributed by atoms with Crippen molar-refractivity contribution in [1.29, 1.82) is 0 Å². The average molecular weight is 461 g/mol. The molecular formula is C22H22Cl2N4O3. The molecule has 3 aromatic rings. The fraction of sp³-hybridized carbons (Fsp3) is 0.409. The number of benzene rings is 1. The van der Waals surface area contributed by atoms with E-state index < -0.39 is 0 Å². The van der Waals surface area contributed by atoms with Gasteiger partial charge in [-0.25, -0.2) is 4.98 Å². The lowest BCUT2D eigenvalue weighted by atomic mass is 9.82. The molecule has 1 atom stereocenters. The Morgan fingerprint density at radius 1 is 1.32 bits per heavy atom. The van der Waals surface area contributed by atoms with Gasteiger partial charge in [0.25, 0.3) is 11.5 Å². The Balaban J connectivity index is 1.53. The zero-order chi connectivity index (χ0) is 21.9. The van der Waals surface area contributed by atoms with Crippen molar-refractivity contribution < 1.29 is 9.21 Å². The van der Waals surface area contributed by atoms with Crippen molar-refractivity contribution in [3.05, 3.63) is 60.8 Å². The first-order valence-electron chi connectivity index (χ1n) is 10.3. The number of nitrogens with zero attached hydrogens (tertiary/aromatic N) is 2. The molecule has 1 unspecified atom stereocenters. The predicted octanol–water partition coefficient (Wildman–Crippen LogP) is 3.65. The van der Waals surface area contributed by atoms with Crippen LogP contribution >= 0.6 is 23.2 Å². The second-order valence-electron chi connectivity index (χ2n) is 8.39. The number of amides is 1. The van der Waals surface area contributed by atoms with Crippen LogP contribution in [0.25, 0.3) is 11.1 Å². The molecule has 0 spiro atoms. The Hall–Kier alpha value is -2.35. The van der Waals surface area contributed by atoms with Crippen LogP contribution in [0.5, 0.6) is 0 Å². The first-order chi connectivity index (χ1) is 14.9. The van der Waals surface area contributed by atoms with E-state index in [1.165, 1.54) is 6.39 Å². The van der Waals surface area contributed by atoms with Gasteiger partial charge in [0.15, 0.2) is 12.0 Å². The number of aromatic nitrogens is 2. The molecule has 2 aliphatic rings. The highest BCUT2D eigenvalue weighted by Gasteiger charge is 2.34. The number of aryl methyl sites for hydroxylation is 1. The largest absolute Gasteiger partial charge is 0.442 e. The van der Waals surface area contributed by atoms with Crippen LogP contribution in [0.1, 0.15) is 45.6 Å². The van der Waals surface area contributed by atoms with Crippen LogP contribution in [-0.2, 0) is 13.0 Å². The summed E-state index contributed by atoms with van der Waals surface area (Å²) in [6.07, 6.45) is 1.88. The zero-order valence-electron chi connectivity index (χ0n) is 17.2. The Morgan fingerprint density at radius 3 is 2.81 bits per heavy atom. The Bertz CT molecular complexity index is 1260. The van der Waals surface area contributed by atoms with E-state index in [0.29, 0.717) is 56.8 Å². The summed E-state index contributed by atoms with van der Waals surface area (Å²) in [7, 11) is 0. The van der Waals surface area contributed by atoms with Gasteiger partial charge in [0.1, 0.15) is 5.52 Å². The molecule has 0 aliphatic carbocycles. The minimum Gasteiger partial charge on any atom is -0.442 e. The number of carbonyl (C=O) groups excluding carboxylic acids is 1. The van der Waals surface area contributed by atoms with Crippen LogP contribution in [0, 0.1) is 12.8 Å². The number of aromatic amines is 1. The molecule has 2 aromatic heterocycles. The lowest BCUT2D eigenvalue weighted by molar-refractivity contribution is 0.0727. The van der Waals surface area contributed by atoms with E-state index in [1.54, 1.807) is 11.8 Å². The molecule has 1 amide bonds. The van der Waals surface area contributed by atoms with Crippen LogP contribution in [-0.4, -0.2) is 40.4 Å². The highest BCUT2D eigenvalue weighted by molar-refractivity contribution is 6.37. The second kappa shape index (κ2) is 7.65. The Morgan fingerprint density at radius 2 is 2.10 bits per heavy atom. The maximum atomic E-state index is 13.5. The fourth-order valence-electron chi connectivity index (χ4n) is 4.53. The van der Waals surface area contributed by atoms with Crippen molar-refractivity contribution in [2.45, 2.75) is 32.7 Å². The number of hydrogen-bond acceptors (Lipinski definition) is 5. The molecule has 2 aliphatic heterocycles. The van der Waals surface area contributed by atoms with Crippen molar-refractivity contribution in [1.82, 2.24) is 20.2 Å². The maximum absolute atomic E-state index is 13.5. The van der Waals surface area contributed by atoms with Gasteiger partial charge < -0.3 is 19.6 Å². The van der Waals surface area contributed by atoms with Gasteiger partial charge in [0.05, 0.1) is 28.4 Å². The van der Waals surface area contributed by atoms with E-state index in [4.69, 9.17) is 27.6 Å². The fourth-order valence-corrected chi connectivity index (χ4v) is 5.26. The molecule has 1 saturated heterocycles. The molecule has 0 radical (unpaired) electrons. The number of oxazole rings is 1. The summed E-state index contributed by atoms with van der Waals surface area (Å²) in [4.78, 5) is 34.7. The molecule has 1 aromatic carbocycles. The highest BCUT2D eigenvalue weighted by atomic mass is 35.5. The molecule has 1 fully saturated rings. The van der Waals surface area contributed by atoms with Crippen molar-refractivity contribution in [3.63, 3.8) is 0 Å². The minimum absolute atomic E-state index is 0.122. The number of nitrogens with one attached hydrogen (secondary N) is 2. The van der Waals surface area contributed by atoms with E-state index in [0.717, 1.165) is 24.2 Å². The molecule has 4 heterocycles. The SMILES string of the molecule is Cc1[nH]c(=O)c(CN2CCc3c(Cl)cc(C(C)C4CNC4)c(Cl)c3C2=O)c2ncoc12. The van der Waals surface area contributed by atoms with Crippen molar-refractivity contribution in [2.75, 3.05) is 19.6 Å². The van der Waals surface area contributed by atoms with Crippen molar-refractivity contribution >= 4 is 40.2 Å². The van der Waals surface area contributed by atoms with Crippen LogP contribution in [0.15, 0.2) is 21.7 Å². The average Bonchev–Trinajstić information content (AvgIpc) is 3.17. The quantitative estimate of drug-likeness (QED) is 0.619. The minimum atomic E-state index is -0.276. The van der Waals surface area contributed by atoms with E-state index in [9.17, 15) is 9.59 Å². The Kier molecular flexibility index (Phi) is 5.07. The summed E-state index contributed by atoms with van der Waals surface area (Å²) >= 11 is 13.4. The number of H-pyrrole nitrogens is 1. The summed E-state index contributed by atoms with van der Waals surface area (Å²) in [5, 5.41) is 4.32. The van der Waals surface area contributed by atoms with Crippen LogP contribution in [0.4, 0.5) is 0 Å². The lowest BCUT2D eigenvalue weighted by Gasteiger charge is -2.35. The molecule has 9 heteroatoms. The van der Waals surface area contributed by atoms with Crippen LogP contribution in [0.2, 0.25) is 10.0 Å². The van der Waals surface area contributed by atoms with Crippen molar-refractivity contribution in [2.24, 2.45) is 5.92 Å². The first kappa shape index (κ1) is 20.5. The summed E-state index contributed by atoms with van der Waals surface area (Å²) in [6.45, 7) is 6.29. The number of fused-ring (bicyclic) bond motifs is 2.